The van der Waals surface area contributed by atoms with Gasteiger partial charge in [0.1, 0.15) is 12.2 Å². The van der Waals surface area contributed by atoms with Crippen molar-refractivity contribution in [2.75, 3.05) is 13.1 Å². The lowest BCUT2D eigenvalue weighted by Crippen LogP contribution is -2.44. The smallest absolute Gasteiger partial charge is 0.341 e. The Kier molecular flexibility index (Phi) is 4.43. The monoisotopic (exact) mass is 368 g/mol. The maximum Gasteiger partial charge on any atom is 0.341 e. The van der Waals surface area contributed by atoms with Gasteiger partial charge in [-0.25, -0.2) is 4.79 Å². The topological polar surface area (TPSA) is 88.8 Å². The third-order valence-electron chi connectivity index (χ3n) is 5.18. The molecule has 1 amide bonds. The molecule has 1 fully saturated rings. The van der Waals surface area contributed by atoms with Gasteiger partial charge < -0.3 is 19.3 Å². The van der Waals surface area contributed by atoms with E-state index in [0.29, 0.717) is 13.1 Å². The fourth-order valence-electron chi connectivity index (χ4n) is 3.80. The van der Waals surface area contributed by atoms with Gasteiger partial charge in [-0.2, -0.15) is 0 Å². The molecule has 27 heavy (non-hydrogen) atoms. The molecule has 1 atom stereocenters. The Morgan fingerprint density at radius 3 is 2.70 bits per heavy atom. The van der Waals surface area contributed by atoms with E-state index >= 15 is 0 Å². The number of aromatic carboxylic acids is 1. The number of carboxylic acid groups (broad SMARTS) is 1. The van der Waals surface area contributed by atoms with Crippen LogP contribution in [0.4, 0.5) is 0 Å². The molecule has 2 aromatic rings. The van der Waals surface area contributed by atoms with Gasteiger partial charge in [0.05, 0.1) is 6.04 Å². The lowest BCUT2D eigenvalue weighted by molar-refractivity contribution is 0.0656. The normalized spacial score (nSPS) is 18.6. The van der Waals surface area contributed by atoms with Gasteiger partial charge in [-0.3, -0.25) is 9.59 Å². The van der Waals surface area contributed by atoms with E-state index in [4.69, 9.17) is 4.74 Å². The average molecular weight is 368 g/mol. The summed E-state index contributed by atoms with van der Waals surface area (Å²) in [5.74, 6) is -1.76. The Bertz CT molecular complexity index is 951. The van der Waals surface area contributed by atoms with E-state index in [-0.39, 0.29) is 35.6 Å². The number of benzene rings is 1. The lowest BCUT2D eigenvalue weighted by Gasteiger charge is -2.34. The molecule has 2 aliphatic heterocycles. The maximum absolute atomic E-state index is 13.0. The van der Waals surface area contributed by atoms with Crippen molar-refractivity contribution < 1.29 is 19.4 Å². The molecule has 7 nitrogen and oxygen atoms in total. The Balaban J connectivity index is 1.84. The molecule has 2 aliphatic rings. The van der Waals surface area contributed by atoms with Gasteiger partial charge in [0.2, 0.25) is 5.43 Å². The SMILES string of the molecule is O=C(O)c1cn2c(c(OCc3ccccc3)c1=O)C(=O)N1CCCCC2C1. The standard InChI is InChI=1S/C20H20N2O5/c23-17-15(20(25)26)11-22-14-8-4-5-9-21(10-14)19(24)16(22)18(17)27-12-13-6-2-1-3-7-13/h1-3,6-7,11,14H,4-5,8-10,12H2,(H,25,26). The van der Waals surface area contributed by atoms with E-state index in [0.717, 1.165) is 24.8 Å². The zero-order chi connectivity index (χ0) is 19.0. The van der Waals surface area contributed by atoms with Crippen LogP contribution in [0.5, 0.6) is 5.75 Å². The lowest BCUT2D eigenvalue weighted by atomic mass is 10.1. The first-order valence-electron chi connectivity index (χ1n) is 9.04. The van der Waals surface area contributed by atoms with Gasteiger partial charge in [0, 0.05) is 19.3 Å². The number of hydrogen-bond donors (Lipinski definition) is 1. The first kappa shape index (κ1) is 17.3. The number of carbonyl (C=O) groups excluding carboxylic acids is 1. The number of carbonyl (C=O) groups is 2. The number of pyridine rings is 1. The second kappa shape index (κ2) is 6.90. The van der Waals surface area contributed by atoms with Crippen LogP contribution in [0.3, 0.4) is 0 Å². The average Bonchev–Trinajstić information content (AvgIpc) is 2.89. The second-order valence-electron chi connectivity index (χ2n) is 6.94. The van der Waals surface area contributed by atoms with Crippen molar-refractivity contribution in [2.45, 2.75) is 31.9 Å². The zero-order valence-electron chi connectivity index (χ0n) is 14.8. The molecule has 140 valence electrons. The van der Waals surface area contributed by atoms with E-state index in [1.54, 1.807) is 9.47 Å². The zero-order valence-corrected chi connectivity index (χ0v) is 14.8. The van der Waals surface area contributed by atoms with Crippen molar-refractivity contribution in [2.24, 2.45) is 0 Å². The fourth-order valence-corrected chi connectivity index (χ4v) is 3.80. The third kappa shape index (κ3) is 3.09. The molecule has 0 aliphatic carbocycles. The molecule has 0 radical (unpaired) electrons. The maximum atomic E-state index is 13.0. The number of hydrogen-bond acceptors (Lipinski definition) is 4. The largest absolute Gasteiger partial charge is 0.483 e. The molecule has 1 unspecified atom stereocenters. The van der Waals surface area contributed by atoms with Crippen molar-refractivity contribution in [1.29, 1.82) is 0 Å². The van der Waals surface area contributed by atoms with Gasteiger partial charge in [-0.05, 0) is 24.8 Å². The number of rotatable bonds is 4. The summed E-state index contributed by atoms with van der Waals surface area (Å²) >= 11 is 0. The first-order chi connectivity index (χ1) is 13.1. The minimum atomic E-state index is -1.32. The Labute approximate surface area is 155 Å². The molecule has 1 aromatic heterocycles. The van der Waals surface area contributed by atoms with Crippen LogP contribution < -0.4 is 10.2 Å². The molecule has 3 heterocycles. The predicted octanol–water partition coefficient (Wildman–Crippen LogP) is 2.31. The van der Waals surface area contributed by atoms with Crippen molar-refractivity contribution in [3.05, 3.63) is 63.6 Å². The van der Waals surface area contributed by atoms with Gasteiger partial charge in [-0.15, -0.1) is 0 Å². The van der Waals surface area contributed by atoms with E-state index in [9.17, 15) is 19.5 Å². The number of aromatic nitrogens is 1. The summed E-state index contributed by atoms with van der Waals surface area (Å²) < 4.78 is 7.39. The summed E-state index contributed by atoms with van der Waals surface area (Å²) in [7, 11) is 0. The number of fused-ring (bicyclic) bond motifs is 4. The van der Waals surface area contributed by atoms with E-state index in [1.165, 1.54) is 6.20 Å². The molecule has 1 aromatic carbocycles. The van der Waals surface area contributed by atoms with Crippen LogP contribution in [0, 0.1) is 0 Å². The molecule has 1 saturated heterocycles. The fraction of sp³-hybridized carbons (Fsp3) is 0.350. The van der Waals surface area contributed by atoms with Crippen LogP contribution in [-0.2, 0) is 6.61 Å². The van der Waals surface area contributed by atoms with Gasteiger partial charge >= 0.3 is 5.97 Å². The van der Waals surface area contributed by atoms with Crippen molar-refractivity contribution in [1.82, 2.24) is 9.47 Å². The third-order valence-corrected chi connectivity index (χ3v) is 5.18. The minimum Gasteiger partial charge on any atom is -0.483 e. The number of amides is 1. The highest BCUT2D eigenvalue weighted by Gasteiger charge is 2.37. The van der Waals surface area contributed by atoms with Crippen LogP contribution in [0.2, 0.25) is 0 Å². The van der Waals surface area contributed by atoms with E-state index < -0.39 is 11.4 Å². The number of nitrogens with zero attached hydrogens (tertiary/aromatic N) is 2. The molecular formula is C20H20N2O5. The molecule has 1 N–H and O–H groups in total. The highest BCUT2D eigenvalue weighted by atomic mass is 16.5. The van der Waals surface area contributed by atoms with Crippen LogP contribution in [0.15, 0.2) is 41.3 Å². The summed E-state index contributed by atoms with van der Waals surface area (Å²) in [5.41, 5.74) is -0.123. The number of ether oxygens (including phenoxy) is 1. The first-order valence-corrected chi connectivity index (χ1v) is 9.04. The summed E-state index contributed by atoms with van der Waals surface area (Å²) in [5, 5.41) is 9.46. The Morgan fingerprint density at radius 2 is 1.96 bits per heavy atom. The van der Waals surface area contributed by atoms with Crippen molar-refractivity contribution in [3.8, 4) is 5.75 Å². The Hall–Kier alpha value is -3.09. The molecule has 2 bridgehead atoms. The highest BCUT2D eigenvalue weighted by Crippen LogP contribution is 2.32. The minimum absolute atomic E-state index is 0.0435. The molecule has 0 spiro atoms. The summed E-state index contributed by atoms with van der Waals surface area (Å²) in [6.07, 6.45) is 3.98. The quantitative estimate of drug-likeness (QED) is 0.895. The molecule has 7 heteroatoms. The van der Waals surface area contributed by atoms with Crippen LogP contribution >= 0.6 is 0 Å². The van der Waals surface area contributed by atoms with Crippen LogP contribution in [0.25, 0.3) is 0 Å². The summed E-state index contributed by atoms with van der Waals surface area (Å²) in [6.45, 7) is 1.26. The van der Waals surface area contributed by atoms with Gasteiger partial charge in [0.15, 0.2) is 11.4 Å². The second-order valence-corrected chi connectivity index (χ2v) is 6.94. The van der Waals surface area contributed by atoms with E-state index in [2.05, 4.69) is 0 Å². The summed E-state index contributed by atoms with van der Waals surface area (Å²) in [6, 6.07) is 9.21. The summed E-state index contributed by atoms with van der Waals surface area (Å²) in [4.78, 5) is 39.1. The van der Waals surface area contributed by atoms with Gasteiger partial charge in [-0.1, -0.05) is 30.3 Å². The molecular weight excluding hydrogens is 348 g/mol. The Morgan fingerprint density at radius 1 is 1.19 bits per heavy atom. The van der Waals surface area contributed by atoms with Crippen molar-refractivity contribution in [3.63, 3.8) is 0 Å². The van der Waals surface area contributed by atoms with Gasteiger partial charge in [0.25, 0.3) is 5.91 Å². The van der Waals surface area contributed by atoms with Crippen molar-refractivity contribution >= 4 is 11.9 Å². The highest BCUT2D eigenvalue weighted by molar-refractivity contribution is 5.97. The van der Waals surface area contributed by atoms with E-state index in [1.807, 2.05) is 30.3 Å². The van der Waals surface area contributed by atoms with Crippen LogP contribution in [0.1, 0.15) is 51.7 Å². The molecule has 4 rings (SSSR count). The molecule has 0 saturated carbocycles. The number of carboxylic acids is 1. The predicted molar refractivity (Wildman–Crippen MR) is 97.2 cm³/mol. The van der Waals surface area contributed by atoms with Crippen LogP contribution in [-0.4, -0.2) is 39.5 Å².